The summed E-state index contributed by atoms with van der Waals surface area (Å²) in [5, 5.41) is 4.00. The molecule has 2 aliphatic heterocycles. The largest absolute Gasteiger partial charge is 0.339 e. The third kappa shape index (κ3) is 3.91. The molecule has 2 fully saturated rings. The first kappa shape index (κ1) is 20.8. The second kappa shape index (κ2) is 8.44. The van der Waals surface area contributed by atoms with Crippen molar-refractivity contribution < 1.29 is 17.7 Å². The molecule has 3 aromatic rings. The molecule has 10 heteroatoms. The van der Waals surface area contributed by atoms with Crippen LogP contribution in [0.5, 0.6) is 0 Å². The predicted octanol–water partition coefficient (Wildman–Crippen LogP) is 2.55. The number of hydrogen-bond donors (Lipinski definition) is 0. The lowest BCUT2D eigenvalue weighted by Crippen LogP contribution is -2.48. The highest BCUT2D eigenvalue weighted by molar-refractivity contribution is 7.89. The van der Waals surface area contributed by atoms with Crippen LogP contribution in [0, 0.1) is 0 Å². The van der Waals surface area contributed by atoms with Gasteiger partial charge in [0.1, 0.15) is 0 Å². The SMILES string of the molecule is O=C(c1ccc(S(=O)(=O)N2CCCCC2)cc1)N1CC(c2nc(-c3cccnc3)no2)C1. The normalized spacial score (nSPS) is 17.8. The molecule has 4 heterocycles. The molecule has 0 unspecified atom stereocenters. The second-order valence-corrected chi connectivity index (χ2v) is 10.0. The van der Waals surface area contributed by atoms with E-state index in [9.17, 15) is 13.2 Å². The van der Waals surface area contributed by atoms with Crippen molar-refractivity contribution in [2.24, 2.45) is 0 Å². The molecular formula is C22H23N5O4S. The minimum Gasteiger partial charge on any atom is -0.339 e. The maximum absolute atomic E-state index is 12.8. The van der Waals surface area contributed by atoms with Gasteiger partial charge in [-0.3, -0.25) is 9.78 Å². The monoisotopic (exact) mass is 453 g/mol. The average molecular weight is 454 g/mol. The molecule has 2 saturated heterocycles. The molecule has 1 aromatic carbocycles. The van der Waals surface area contributed by atoms with Gasteiger partial charge in [-0.2, -0.15) is 9.29 Å². The Morgan fingerprint density at radius 1 is 1.03 bits per heavy atom. The molecule has 0 spiro atoms. The maximum Gasteiger partial charge on any atom is 0.253 e. The van der Waals surface area contributed by atoms with E-state index in [1.165, 1.54) is 16.4 Å². The third-order valence-electron chi connectivity index (χ3n) is 5.93. The predicted molar refractivity (Wildman–Crippen MR) is 115 cm³/mol. The first-order valence-electron chi connectivity index (χ1n) is 10.7. The molecule has 0 bridgehead atoms. The topological polar surface area (TPSA) is 110 Å². The number of aromatic nitrogens is 3. The summed E-state index contributed by atoms with van der Waals surface area (Å²) in [6, 6.07) is 9.87. The molecule has 0 saturated carbocycles. The Bertz CT molecular complexity index is 1200. The lowest BCUT2D eigenvalue weighted by Gasteiger charge is -2.37. The van der Waals surface area contributed by atoms with Crippen molar-refractivity contribution in [1.82, 2.24) is 24.3 Å². The number of benzene rings is 1. The van der Waals surface area contributed by atoms with Gasteiger partial charge in [0.25, 0.3) is 5.91 Å². The highest BCUT2D eigenvalue weighted by Crippen LogP contribution is 2.29. The van der Waals surface area contributed by atoms with E-state index in [0.29, 0.717) is 43.5 Å². The molecule has 2 aromatic heterocycles. The summed E-state index contributed by atoms with van der Waals surface area (Å²) < 4.78 is 32.4. The van der Waals surface area contributed by atoms with Gasteiger partial charge < -0.3 is 9.42 Å². The van der Waals surface area contributed by atoms with E-state index in [0.717, 1.165) is 24.8 Å². The van der Waals surface area contributed by atoms with Crippen LogP contribution in [0.3, 0.4) is 0 Å². The van der Waals surface area contributed by atoms with Gasteiger partial charge in [0.2, 0.25) is 21.7 Å². The maximum atomic E-state index is 12.8. The molecule has 5 rings (SSSR count). The molecule has 0 radical (unpaired) electrons. The van der Waals surface area contributed by atoms with Crippen molar-refractivity contribution in [2.45, 2.75) is 30.1 Å². The lowest BCUT2D eigenvalue weighted by molar-refractivity contribution is 0.0569. The van der Waals surface area contributed by atoms with Crippen LogP contribution >= 0.6 is 0 Å². The molecule has 0 aliphatic carbocycles. The minimum atomic E-state index is -3.51. The van der Waals surface area contributed by atoms with Gasteiger partial charge in [-0.25, -0.2) is 8.42 Å². The van der Waals surface area contributed by atoms with E-state index in [2.05, 4.69) is 15.1 Å². The minimum absolute atomic E-state index is 0.0179. The van der Waals surface area contributed by atoms with Crippen LogP contribution in [0.4, 0.5) is 0 Å². The van der Waals surface area contributed by atoms with Crippen molar-refractivity contribution in [3.63, 3.8) is 0 Å². The average Bonchev–Trinajstić information content (AvgIpc) is 3.29. The van der Waals surface area contributed by atoms with Crippen molar-refractivity contribution >= 4 is 15.9 Å². The zero-order valence-electron chi connectivity index (χ0n) is 17.4. The Labute approximate surface area is 186 Å². The number of pyridine rings is 1. The summed E-state index contributed by atoms with van der Waals surface area (Å²) in [7, 11) is -3.51. The Hall–Kier alpha value is -3.11. The first-order chi connectivity index (χ1) is 15.5. The standard InChI is InChI=1S/C22H23N5O4S/c28-22(16-6-8-19(9-7-16)32(29,30)27-11-2-1-3-12-27)26-14-18(15-26)21-24-20(25-31-21)17-5-4-10-23-13-17/h4-10,13,18H,1-3,11-12,14-15H2. The fourth-order valence-electron chi connectivity index (χ4n) is 4.02. The van der Waals surface area contributed by atoms with Crippen molar-refractivity contribution in [3.05, 3.63) is 60.2 Å². The van der Waals surface area contributed by atoms with Crippen molar-refractivity contribution in [1.29, 1.82) is 0 Å². The second-order valence-electron chi connectivity index (χ2n) is 8.09. The summed E-state index contributed by atoms with van der Waals surface area (Å²) in [4.78, 5) is 23.2. The summed E-state index contributed by atoms with van der Waals surface area (Å²) in [5.74, 6) is 0.810. The summed E-state index contributed by atoms with van der Waals surface area (Å²) in [6.45, 7) is 2.05. The Morgan fingerprint density at radius 3 is 2.47 bits per heavy atom. The number of nitrogens with zero attached hydrogens (tertiary/aromatic N) is 5. The zero-order chi connectivity index (χ0) is 22.1. The molecule has 0 atom stereocenters. The number of rotatable bonds is 5. The van der Waals surface area contributed by atoms with E-state index < -0.39 is 10.0 Å². The molecular weight excluding hydrogens is 430 g/mol. The quantitative estimate of drug-likeness (QED) is 0.584. The van der Waals surface area contributed by atoms with Gasteiger partial charge in [-0.1, -0.05) is 11.6 Å². The van der Waals surface area contributed by atoms with Gasteiger partial charge in [0.15, 0.2) is 0 Å². The van der Waals surface area contributed by atoms with Crippen LogP contribution in [0.2, 0.25) is 0 Å². The fraction of sp³-hybridized carbons (Fsp3) is 0.364. The number of amides is 1. The molecule has 32 heavy (non-hydrogen) atoms. The Morgan fingerprint density at radius 2 is 1.78 bits per heavy atom. The van der Waals surface area contributed by atoms with Crippen molar-refractivity contribution in [2.75, 3.05) is 26.2 Å². The van der Waals surface area contributed by atoms with Crippen LogP contribution in [0.1, 0.15) is 41.4 Å². The summed E-state index contributed by atoms with van der Waals surface area (Å²) >= 11 is 0. The molecule has 2 aliphatic rings. The number of carbonyl (C=O) groups excluding carboxylic acids is 1. The van der Waals surface area contributed by atoms with Gasteiger partial charge in [-0.05, 0) is 49.2 Å². The van der Waals surface area contributed by atoms with Crippen LogP contribution in [0.25, 0.3) is 11.4 Å². The van der Waals surface area contributed by atoms with Gasteiger partial charge in [-0.15, -0.1) is 0 Å². The smallest absolute Gasteiger partial charge is 0.253 e. The van der Waals surface area contributed by atoms with Crippen LogP contribution in [-0.2, 0) is 10.0 Å². The highest BCUT2D eigenvalue weighted by Gasteiger charge is 2.36. The number of hydrogen-bond acceptors (Lipinski definition) is 7. The lowest BCUT2D eigenvalue weighted by atomic mass is 9.99. The van der Waals surface area contributed by atoms with E-state index >= 15 is 0 Å². The van der Waals surface area contributed by atoms with Gasteiger partial charge >= 0.3 is 0 Å². The van der Waals surface area contributed by atoms with Crippen molar-refractivity contribution in [3.8, 4) is 11.4 Å². The Balaban J connectivity index is 1.21. The van der Waals surface area contributed by atoms with E-state index in [4.69, 9.17) is 4.52 Å². The molecule has 166 valence electrons. The van der Waals surface area contributed by atoms with E-state index in [-0.39, 0.29) is 16.7 Å². The first-order valence-corrected chi connectivity index (χ1v) is 12.1. The summed E-state index contributed by atoms with van der Waals surface area (Å²) in [5.41, 5.74) is 1.23. The third-order valence-corrected chi connectivity index (χ3v) is 7.85. The van der Waals surface area contributed by atoms with Crippen LogP contribution in [0.15, 0.2) is 58.2 Å². The molecule has 9 nitrogen and oxygen atoms in total. The number of likely N-dealkylation sites (tertiary alicyclic amines) is 1. The Kier molecular flexibility index (Phi) is 5.48. The van der Waals surface area contributed by atoms with Gasteiger partial charge in [0.05, 0.1) is 10.8 Å². The van der Waals surface area contributed by atoms with Crippen LogP contribution in [-0.4, -0.2) is 64.8 Å². The zero-order valence-corrected chi connectivity index (χ0v) is 18.2. The molecule has 1 amide bonds. The number of carbonyl (C=O) groups is 1. The molecule has 0 N–H and O–H groups in total. The number of piperidine rings is 1. The number of sulfonamides is 1. The van der Waals surface area contributed by atoms with Gasteiger partial charge in [0, 0.05) is 49.7 Å². The highest BCUT2D eigenvalue weighted by atomic mass is 32.2. The fourth-order valence-corrected chi connectivity index (χ4v) is 5.54. The summed E-state index contributed by atoms with van der Waals surface area (Å²) in [6.07, 6.45) is 6.17. The van der Waals surface area contributed by atoms with Crippen LogP contribution < -0.4 is 0 Å². The van der Waals surface area contributed by atoms with E-state index in [1.54, 1.807) is 35.5 Å². The van der Waals surface area contributed by atoms with E-state index in [1.807, 2.05) is 6.07 Å².